The van der Waals surface area contributed by atoms with Gasteiger partial charge in [-0.15, -0.1) is 0 Å². The van der Waals surface area contributed by atoms with E-state index in [0.29, 0.717) is 12.1 Å². The molecule has 2 rings (SSSR count). The molecule has 0 aliphatic rings. The number of aromatic hydroxyl groups is 1. The first kappa shape index (κ1) is 17.5. The smallest absolute Gasteiger partial charge is 0.344 e. The van der Waals surface area contributed by atoms with Crippen LogP contribution in [0.3, 0.4) is 0 Å². The van der Waals surface area contributed by atoms with Crippen LogP contribution in [0.2, 0.25) is 5.02 Å². The molecule has 1 atom stereocenters. The third-order valence-corrected chi connectivity index (χ3v) is 4.63. The fourth-order valence-corrected chi connectivity index (χ4v) is 3.59. The van der Waals surface area contributed by atoms with Crippen LogP contribution in [-0.4, -0.2) is 32.7 Å². The summed E-state index contributed by atoms with van der Waals surface area (Å²) in [5.74, 6) is -1.10. The molecule has 0 spiro atoms. The maximum atomic E-state index is 12.7. The predicted molar refractivity (Wildman–Crippen MR) is 88.8 cm³/mol. The van der Waals surface area contributed by atoms with Gasteiger partial charge in [0.2, 0.25) is 5.43 Å². The molecule has 0 fully saturated rings. The van der Waals surface area contributed by atoms with Crippen molar-refractivity contribution in [3.05, 3.63) is 32.9 Å². The number of aromatic nitrogens is 1. The van der Waals surface area contributed by atoms with Crippen molar-refractivity contribution in [1.29, 1.82) is 0 Å². The lowest BCUT2D eigenvalue weighted by atomic mass is 10.1. The third kappa shape index (κ3) is 2.98. The lowest BCUT2D eigenvalue weighted by Gasteiger charge is -2.17. The minimum absolute atomic E-state index is 0.0656. The van der Waals surface area contributed by atoms with Crippen molar-refractivity contribution in [2.45, 2.75) is 25.4 Å². The van der Waals surface area contributed by atoms with Gasteiger partial charge < -0.3 is 14.4 Å². The molecule has 8 heteroatoms. The molecule has 1 aromatic carbocycles. The van der Waals surface area contributed by atoms with Gasteiger partial charge in [0.1, 0.15) is 16.3 Å². The zero-order chi connectivity index (χ0) is 17.3. The van der Waals surface area contributed by atoms with E-state index >= 15 is 0 Å². The highest BCUT2D eigenvalue weighted by Crippen LogP contribution is 2.29. The van der Waals surface area contributed by atoms with Gasteiger partial charge in [-0.1, -0.05) is 11.6 Å². The van der Waals surface area contributed by atoms with Crippen LogP contribution in [0.15, 0.2) is 22.0 Å². The molecular formula is C15H16ClNO5S. The van der Waals surface area contributed by atoms with Crippen molar-refractivity contribution in [1.82, 2.24) is 4.57 Å². The molecule has 0 unspecified atom stereocenters. The number of aryl methyl sites for hydroxylation is 1. The molecular weight excluding hydrogens is 342 g/mol. The number of halogens is 1. The number of esters is 1. The number of carbonyl (C=O) groups is 1. The molecule has 0 amide bonds. The lowest BCUT2D eigenvalue weighted by Crippen LogP contribution is -2.26. The molecule has 1 heterocycles. The molecule has 124 valence electrons. The van der Waals surface area contributed by atoms with Crippen molar-refractivity contribution in [3.8, 4) is 5.75 Å². The second-order valence-electron chi connectivity index (χ2n) is 4.75. The fourth-order valence-electron chi connectivity index (χ4n) is 2.43. The number of phenolic OH excluding ortho intramolecular Hbond substituents is 1. The average Bonchev–Trinajstić information content (AvgIpc) is 2.49. The SMILES string of the molecule is CCOC(=O)c1c([S@](C)=O)n(CC)c2cc(Cl)c(O)cc2c1=O. The first-order valence-electron chi connectivity index (χ1n) is 6.93. The highest BCUT2D eigenvalue weighted by atomic mass is 35.5. The van der Waals surface area contributed by atoms with E-state index in [4.69, 9.17) is 16.3 Å². The molecule has 0 aliphatic carbocycles. The number of phenols is 1. The summed E-state index contributed by atoms with van der Waals surface area (Å²) in [7, 11) is -1.60. The Labute approximate surface area is 140 Å². The van der Waals surface area contributed by atoms with Crippen LogP contribution in [0.4, 0.5) is 0 Å². The Morgan fingerprint density at radius 2 is 2.04 bits per heavy atom. The van der Waals surface area contributed by atoms with Gasteiger partial charge in [0.05, 0.1) is 33.3 Å². The summed E-state index contributed by atoms with van der Waals surface area (Å²) in [6.45, 7) is 3.85. The summed E-state index contributed by atoms with van der Waals surface area (Å²) in [4.78, 5) is 24.9. The third-order valence-electron chi connectivity index (χ3n) is 3.35. The lowest BCUT2D eigenvalue weighted by molar-refractivity contribution is 0.0519. The summed E-state index contributed by atoms with van der Waals surface area (Å²) >= 11 is 5.92. The van der Waals surface area contributed by atoms with E-state index in [-0.39, 0.29) is 33.4 Å². The molecule has 23 heavy (non-hydrogen) atoms. The Morgan fingerprint density at radius 1 is 1.39 bits per heavy atom. The average molecular weight is 358 g/mol. The molecule has 0 radical (unpaired) electrons. The number of nitrogens with zero attached hydrogens (tertiary/aromatic N) is 1. The molecule has 0 saturated heterocycles. The number of benzene rings is 1. The Hall–Kier alpha value is -1.86. The van der Waals surface area contributed by atoms with Crippen molar-refractivity contribution in [2.24, 2.45) is 0 Å². The molecule has 1 aromatic heterocycles. The van der Waals surface area contributed by atoms with E-state index in [1.165, 1.54) is 18.4 Å². The van der Waals surface area contributed by atoms with E-state index < -0.39 is 22.2 Å². The Balaban J connectivity index is 3.05. The van der Waals surface area contributed by atoms with Gasteiger partial charge >= 0.3 is 5.97 Å². The summed E-state index contributed by atoms with van der Waals surface area (Å²) in [6.07, 6.45) is 1.39. The minimum atomic E-state index is -1.60. The summed E-state index contributed by atoms with van der Waals surface area (Å²) in [5.41, 5.74) is -0.511. The van der Waals surface area contributed by atoms with Crippen LogP contribution in [-0.2, 0) is 22.1 Å². The maximum Gasteiger partial charge on any atom is 0.344 e. The summed E-state index contributed by atoms with van der Waals surface area (Å²) in [5, 5.41) is 10.0. The zero-order valence-electron chi connectivity index (χ0n) is 12.9. The molecule has 0 bridgehead atoms. The second-order valence-corrected chi connectivity index (χ2v) is 6.45. The van der Waals surface area contributed by atoms with E-state index in [2.05, 4.69) is 0 Å². The summed E-state index contributed by atoms with van der Waals surface area (Å²) < 4.78 is 18.7. The minimum Gasteiger partial charge on any atom is -0.506 e. The molecule has 1 N–H and O–H groups in total. The molecule has 0 aliphatic heterocycles. The van der Waals surface area contributed by atoms with Crippen LogP contribution < -0.4 is 5.43 Å². The van der Waals surface area contributed by atoms with E-state index in [0.717, 1.165) is 0 Å². The van der Waals surface area contributed by atoms with Crippen molar-refractivity contribution < 1.29 is 18.8 Å². The van der Waals surface area contributed by atoms with Crippen LogP contribution in [0.25, 0.3) is 10.9 Å². The number of ether oxygens (including phenoxy) is 1. The zero-order valence-corrected chi connectivity index (χ0v) is 14.5. The Morgan fingerprint density at radius 3 is 2.57 bits per heavy atom. The van der Waals surface area contributed by atoms with Crippen LogP contribution in [0.1, 0.15) is 24.2 Å². The van der Waals surface area contributed by atoms with Gasteiger partial charge in [-0.2, -0.15) is 0 Å². The number of carbonyl (C=O) groups excluding carboxylic acids is 1. The quantitative estimate of drug-likeness (QED) is 0.848. The number of rotatable bonds is 4. The highest BCUT2D eigenvalue weighted by molar-refractivity contribution is 7.84. The van der Waals surface area contributed by atoms with E-state index in [1.54, 1.807) is 18.4 Å². The normalized spacial score (nSPS) is 12.3. The Bertz CT molecular complexity index is 875. The van der Waals surface area contributed by atoms with Gasteiger partial charge in [-0.3, -0.25) is 9.00 Å². The van der Waals surface area contributed by atoms with Gasteiger partial charge in [0, 0.05) is 12.8 Å². The number of fused-ring (bicyclic) bond motifs is 1. The topological polar surface area (TPSA) is 85.6 Å². The van der Waals surface area contributed by atoms with Gasteiger partial charge in [0.15, 0.2) is 0 Å². The number of pyridine rings is 1. The van der Waals surface area contributed by atoms with Crippen molar-refractivity contribution in [2.75, 3.05) is 12.9 Å². The maximum absolute atomic E-state index is 12.7. The number of hydrogen-bond donors (Lipinski definition) is 1. The van der Waals surface area contributed by atoms with Gasteiger partial charge in [-0.05, 0) is 26.0 Å². The molecule has 6 nitrogen and oxygen atoms in total. The molecule has 0 saturated carbocycles. The van der Waals surface area contributed by atoms with E-state index in [9.17, 15) is 18.9 Å². The molecule has 2 aromatic rings. The van der Waals surface area contributed by atoms with Crippen LogP contribution in [0, 0.1) is 0 Å². The Kier molecular flexibility index (Phi) is 5.11. The fraction of sp³-hybridized carbons (Fsp3) is 0.333. The predicted octanol–water partition coefficient (Wildman–Crippen LogP) is 2.29. The first-order valence-corrected chi connectivity index (χ1v) is 8.86. The van der Waals surface area contributed by atoms with Gasteiger partial charge in [0.25, 0.3) is 0 Å². The van der Waals surface area contributed by atoms with Crippen molar-refractivity contribution >= 4 is 39.3 Å². The second kappa shape index (κ2) is 6.72. The number of hydrogen-bond acceptors (Lipinski definition) is 5. The first-order chi connectivity index (χ1) is 10.8. The monoisotopic (exact) mass is 357 g/mol. The van der Waals surface area contributed by atoms with Crippen LogP contribution >= 0.6 is 11.6 Å². The summed E-state index contributed by atoms with van der Waals surface area (Å²) in [6, 6.07) is 2.62. The largest absolute Gasteiger partial charge is 0.506 e. The highest BCUT2D eigenvalue weighted by Gasteiger charge is 2.26. The van der Waals surface area contributed by atoms with Crippen molar-refractivity contribution in [3.63, 3.8) is 0 Å². The van der Waals surface area contributed by atoms with Gasteiger partial charge in [-0.25, -0.2) is 4.79 Å². The van der Waals surface area contributed by atoms with Crippen LogP contribution in [0.5, 0.6) is 5.75 Å². The van der Waals surface area contributed by atoms with E-state index in [1.807, 2.05) is 0 Å². The standard InChI is InChI=1S/C15H16ClNO5S/c1-4-17-10-7-9(16)11(18)6-8(10)13(19)12(14(17)23(3)21)15(20)22-5-2/h6-7,18H,4-5H2,1-3H3/t23-/m0/s1.